The van der Waals surface area contributed by atoms with E-state index in [0.29, 0.717) is 16.7 Å². The van der Waals surface area contributed by atoms with Gasteiger partial charge in [0.05, 0.1) is 0 Å². The van der Waals surface area contributed by atoms with Crippen molar-refractivity contribution < 1.29 is 0 Å². The van der Waals surface area contributed by atoms with Crippen LogP contribution in [0, 0.1) is 5.92 Å². The molecular formula is C17H27Br. The van der Waals surface area contributed by atoms with Gasteiger partial charge in [0, 0.05) is 4.83 Å². The summed E-state index contributed by atoms with van der Waals surface area (Å²) in [6.45, 7) is 13.8. The van der Waals surface area contributed by atoms with Gasteiger partial charge in [-0.05, 0) is 34.8 Å². The summed E-state index contributed by atoms with van der Waals surface area (Å²) in [4.78, 5) is 0.555. The van der Waals surface area contributed by atoms with Gasteiger partial charge in [-0.2, -0.15) is 0 Å². The van der Waals surface area contributed by atoms with E-state index in [9.17, 15) is 0 Å². The van der Waals surface area contributed by atoms with E-state index < -0.39 is 0 Å². The van der Waals surface area contributed by atoms with Crippen molar-refractivity contribution in [1.29, 1.82) is 0 Å². The maximum Gasteiger partial charge on any atom is 0.0148 e. The SMILES string of the molecule is CCC(C)(C)c1ccc(C(C)C(C)C(C)Br)cc1. The number of halogens is 1. The highest BCUT2D eigenvalue weighted by atomic mass is 79.9. The predicted molar refractivity (Wildman–Crippen MR) is 85.7 cm³/mol. The molecule has 1 aromatic rings. The van der Waals surface area contributed by atoms with E-state index in [4.69, 9.17) is 0 Å². The minimum absolute atomic E-state index is 0.288. The maximum absolute atomic E-state index is 3.70. The smallest absolute Gasteiger partial charge is 0.0148 e. The summed E-state index contributed by atoms with van der Waals surface area (Å²) in [7, 11) is 0. The lowest BCUT2D eigenvalue weighted by atomic mass is 9.80. The number of benzene rings is 1. The van der Waals surface area contributed by atoms with E-state index >= 15 is 0 Å². The quantitative estimate of drug-likeness (QED) is 0.594. The predicted octanol–water partition coefficient (Wildman–Crippen LogP) is 5.90. The standard InChI is InChI=1S/C17H27Br/c1-7-17(5,6)16-10-8-15(9-11-16)13(3)12(2)14(4)18/h8-14H,7H2,1-6H3. The fraction of sp³-hybridized carbons (Fsp3) is 0.647. The highest BCUT2D eigenvalue weighted by Gasteiger charge is 2.21. The maximum atomic E-state index is 3.70. The third kappa shape index (κ3) is 3.60. The van der Waals surface area contributed by atoms with E-state index in [1.807, 2.05) is 0 Å². The Hall–Kier alpha value is -0.300. The van der Waals surface area contributed by atoms with Crippen LogP contribution in [0.25, 0.3) is 0 Å². The molecule has 0 fully saturated rings. The zero-order valence-electron chi connectivity index (χ0n) is 12.6. The molecule has 0 amide bonds. The van der Waals surface area contributed by atoms with Crippen LogP contribution < -0.4 is 0 Å². The fourth-order valence-corrected chi connectivity index (χ4v) is 2.60. The van der Waals surface area contributed by atoms with Crippen LogP contribution in [-0.4, -0.2) is 4.83 Å². The molecule has 0 aliphatic carbocycles. The monoisotopic (exact) mass is 310 g/mol. The Balaban J connectivity index is 2.89. The minimum Gasteiger partial charge on any atom is -0.0891 e. The Bertz CT molecular complexity index is 362. The van der Waals surface area contributed by atoms with Crippen molar-refractivity contribution >= 4 is 15.9 Å². The minimum atomic E-state index is 0.288. The first-order chi connectivity index (χ1) is 8.29. The average Bonchev–Trinajstić information content (AvgIpc) is 2.37. The van der Waals surface area contributed by atoms with Crippen LogP contribution in [0.2, 0.25) is 0 Å². The molecule has 3 unspecified atom stereocenters. The molecule has 0 nitrogen and oxygen atoms in total. The Morgan fingerprint density at radius 3 is 1.94 bits per heavy atom. The van der Waals surface area contributed by atoms with Crippen molar-refractivity contribution in [3.63, 3.8) is 0 Å². The summed E-state index contributed by atoms with van der Waals surface area (Å²) in [6, 6.07) is 9.23. The summed E-state index contributed by atoms with van der Waals surface area (Å²) in [5.41, 5.74) is 3.18. The lowest BCUT2D eigenvalue weighted by Gasteiger charge is -2.26. The van der Waals surface area contributed by atoms with E-state index in [2.05, 4.69) is 81.7 Å². The van der Waals surface area contributed by atoms with Crippen molar-refractivity contribution in [2.45, 2.75) is 64.1 Å². The highest BCUT2D eigenvalue weighted by molar-refractivity contribution is 9.09. The van der Waals surface area contributed by atoms with Crippen molar-refractivity contribution in [2.24, 2.45) is 5.92 Å². The van der Waals surface area contributed by atoms with Crippen LogP contribution in [0.3, 0.4) is 0 Å². The number of hydrogen-bond acceptors (Lipinski definition) is 0. The molecule has 0 radical (unpaired) electrons. The van der Waals surface area contributed by atoms with E-state index in [0.717, 1.165) is 0 Å². The second-order valence-electron chi connectivity index (χ2n) is 6.18. The lowest BCUT2D eigenvalue weighted by Crippen LogP contribution is -2.17. The van der Waals surface area contributed by atoms with E-state index in [1.165, 1.54) is 17.5 Å². The molecule has 3 atom stereocenters. The molecule has 18 heavy (non-hydrogen) atoms. The molecule has 0 N–H and O–H groups in total. The van der Waals surface area contributed by atoms with Gasteiger partial charge in [0.15, 0.2) is 0 Å². The van der Waals surface area contributed by atoms with Gasteiger partial charge >= 0.3 is 0 Å². The summed E-state index contributed by atoms with van der Waals surface area (Å²) in [5.74, 6) is 1.24. The topological polar surface area (TPSA) is 0 Å². The molecule has 0 aliphatic heterocycles. The van der Waals surface area contributed by atoms with Crippen LogP contribution >= 0.6 is 15.9 Å². The van der Waals surface area contributed by atoms with Gasteiger partial charge in [0.1, 0.15) is 0 Å². The van der Waals surface area contributed by atoms with Crippen LogP contribution in [0.15, 0.2) is 24.3 Å². The summed E-state index contributed by atoms with van der Waals surface area (Å²) < 4.78 is 0. The molecule has 0 aliphatic rings. The molecule has 1 rings (SSSR count). The van der Waals surface area contributed by atoms with Crippen molar-refractivity contribution in [1.82, 2.24) is 0 Å². The average molecular weight is 311 g/mol. The molecular weight excluding hydrogens is 284 g/mol. The first kappa shape index (κ1) is 15.8. The molecule has 0 bridgehead atoms. The summed E-state index contributed by atoms with van der Waals surface area (Å²) in [5, 5.41) is 0. The second kappa shape index (κ2) is 6.23. The molecule has 102 valence electrons. The Morgan fingerprint density at radius 2 is 1.56 bits per heavy atom. The molecule has 0 aromatic heterocycles. The van der Waals surface area contributed by atoms with Gasteiger partial charge in [-0.3, -0.25) is 0 Å². The molecule has 1 aromatic carbocycles. The van der Waals surface area contributed by atoms with Crippen molar-refractivity contribution in [3.8, 4) is 0 Å². The Kier molecular flexibility index (Phi) is 5.46. The highest BCUT2D eigenvalue weighted by Crippen LogP contribution is 2.32. The lowest BCUT2D eigenvalue weighted by molar-refractivity contribution is 0.486. The zero-order valence-corrected chi connectivity index (χ0v) is 14.2. The normalized spacial score (nSPS) is 17.3. The zero-order chi connectivity index (χ0) is 13.9. The van der Waals surface area contributed by atoms with Crippen molar-refractivity contribution in [3.05, 3.63) is 35.4 Å². The Labute approximate surface area is 121 Å². The molecule has 0 saturated carbocycles. The van der Waals surface area contributed by atoms with Gasteiger partial charge in [0.25, 0.3) is 0 Å². The van der Waals surface area contributed by atoms with Gasteiger partial charge < -0.3 is 0 Å². The van der Waals surface area contributed by atoms with Gasteiger partial charge in [-0.25, -0.2) is 0 Å². The van der Waals surface area contributed by atoms with E-state index in [1.54, 1.807) is 0 Å². The summed E-state index contributed by atoms with van der Waals surface area (Å²) >= 11 is 3.70. The molecule has 0 saturated heterocycles. The Morgan fingerprint density at radius 1 is 1.06 bits per heavy atom. The largest absolute Gasteiger partial charge is 0.0891 e. The van der Waals surface area contributed by atoms with Crippen molar-refractivity contribution in [2.75, 3.05) is 0 Å². The number of hydrogen-bond donors (Lipinski definition) is 0. The molecule has 0 spiro atoms. The van der Waals surface area contributed by atoms with Gasteiger partial charge in [0.2, 0.25) is 0 Å². The second-order valence-corrected chi connectivity index (χ2v) is 7.63. The van der Waals surface area contributed by atoms with E-state index in [-0.39, 0.29) is 5.41 Å². The molecule has 0 heterocycles. The van der Waals surface area contributed by atoms with Crippen LogP contribution in [-0.2, 0) is 5.41 Å². The third-order valence-corrected chi connectivity index (χ3v) is 5.45. The number of alkyl halides is 1. The third-order valence-electron chi connectivity index (χ3n) is 4.62. The fourth-order valence-electron chi connectivity index (χ4n) is 2.14. The summed E-state index contributed by atoms with van der Waals surface area (Å²) in [6.07, 6.45) is 1.18. The van der Waals surface area contributed by atoms with Crippen LogP contribution in [0.4, 0.5) is 0 Å². The van der Waals surface area contributed by atoms with Crippen LogP contribution in [0.1, 0.15) is 65.0 Å². The molecule has 1 heteroatoms. The van der Waals surface area contributed by atoms with Crippen LogP contribution in [0.5, 0.6) is 0 Å². The number of rotatable bonds is 5. The van der Waals surface area contributed by atoms with Gasteiger partial charge in [-0.15, -0.1) is 0 Å². The van der Waals surface area contributed by atoms with Gasteiger partial charge in [-0.1, -0.05) is 81.7 Å². The first-order valence-corrected chi connectivity index (χ1v) is 7.95. The first-order valence-electron chi connectivity index (χ1n) is 7.04.